The Labute approximate surface area is 146 Å². The highest BCUT2D eigenvalue weighted by Crippen LogP contribution is 2.37. The van der Waals surface area contributed by atoms with Crippen molar-refractivity contribution in [3.05, 3.63) is 71.6 Å². The van der Waals surface area contributed by atoms with Crippen molar-refractivity contribution in [2.24, 2.45) is 0 Å². The summed E-state index contributed by atoms with van der Waals surface area (Å²) in [5.74, 6) is 0. The quantitative estimate of drug-likeness (QED) is 0.164. The molecule has 0 unspecified atom stereocenters. The molecule has 0 bridgehead atoms. The van der Waals surface area contributed by atoms with E-state index in [9.17, 15) is 0 Å². The van der Waals surface area contributed by atoms with Gasteiger partial charge >= 0.3 is 0 Å². The Balaban J connectivity index is 1.96. The highest BCUT2D eigenvalue weighted by Gasteiger charge is 2.08. The predicted octanol–water partition coefficient (Wildman–Crippen LogP) is 7.26. The first-order chi connectivity index (χ1) is 11.3. The molecular weight excluding hydrogens is 364 g/mol. The van der Waals surface area contributed by atoms with E-state index in [-0.39, 0.29) is 0 Å². The summed E-state index contributed by atoms with van der Waals surface area (Å²) >= 11 is 5.45. The molecule has 23 heavy (non-hydrogen) atoms. The Morgan fingerprint density at radius 3 is 2.22 bits per heavy atom. The first-order valence-corrected chi connectivity index (χ1v) is 9.60. The van der Waals surface area contributed by atoms with Crippen LogP contribution in [-0.2, 0) is 5.33 Å². The second kappa shape index (κ2) is 5.05. The Kier molecular flexibility index (Phi) is 2.97. The molecule has 5 aromatic rings. The lowest BCUT2D eigenvalue weighted by Crippen LogP contribution is -1.80. The molecule has 0 nitrogen and oxygen atoms in total. The van der Waals surface area contributed by atoms with Crippen molar-refractivity contribution in [3.8, 4) is 0 Å². The second-order valence-electron chi connectivity index (χ2n) is 5.90. The van der Waals surface area contributed by atoms with Crippen LogP contribution in [0.1, 0.15) is 4.88 Å². The van der Waals surface area contributed by atoms with Crippen LogP contribution in [-0.4, -0.2) is 0 Å². The van der Waals surface area contributed by atoms with Gasteiger partial charge in [0, 0.05) is 20.3 Å². The molecule has 0 amide bonds. The molecule has 0 saturated carbocycles. The number of alkyl halides is 1. The molecule has 4 aromatic carbocycles. The van der Waals surface area contributed by atoms with Gasteiger partial charge in [0.05, 0.1) is 0 Å². The average Bonchev–Trinajstić information content (AvgIpc) is 3.03. The molecular formula is C21H13BrS. The molecule has 0 aliphatic rings. The molecule has 0 aliphatic heterocycles. The zero-order valence-corrected chi connectivity index (χ0v) is 14.7. The van der Waals surface area contributed by atoms with Gasteiger partial charge in [-0.3, -0.25) is 0 Å². The summed E-state index contributed by atoms with van der Waals surface area (Å²) in [5, 5.41) is 10.3. The lowest BCUT2D eigenvalue weighted by Gasteiger charge is -2.07. The summed E-state index contributed by atoms with van der Waals surface area (Å²) in [6.07, 6.45) is 0. The van der Waals surface area contributed by atoms with E-state index in [0.29, 0.717) is 0 Å². The third kappa shape index (κ3) is 2.02. The summed E-state index contributed by atoms with van der Waals surface area (Å²) in [4.78, 5) is 1.38. The van der Waals surface area contributed by atoms with Crippen LogP contribution in [0.25, 0.3) is 42.4 Å². The predicted molar refractivity (Wildman–Crippen MR) is 107 cm³/mol. The van der Waals surface area contributed by atoms with Crippen LogP contribution < -0.4 is 0 Å². The zero-order chi connectivity index (χ0) is 15.4. The molecule has 0 aliphatic carbocycles. The lowest BCUT2D eigenvalue weighted by molar-refractivity contribution is 1.60. The third-order valence-electron chi connectivity index (χ3n) is 4.56. The first kappa shape index (κ1) is 13.5. The molecule has 0 fully saturated rings. The monoisotopic (exact) mass is 376 g/mol. The number of benzene rings is 4. The van der Waals surface area contributed by atoms with Gasteiger partial charge in [0.2, 0.25) is 0 Å². The molecule has 0 N–H and O–H groups in total. The van der Waals surface area contributed by atoms with Crippen molar-refractivity contribution in [2.75, 3.05) is 0 Å². The van der Waals surface area contributed by atoms with Gasteiger partial charge in [-0.05, 0) is 56.6 Å². The van der Waals surface area contributed by atoms with E-state index in [1.807, 2.05) is 11.3 Å². The summed E-state index contributed by atoms with van der Waals surface area (Å²) in [6, 6.07) is 24.6. The van der Waals surface area contributed by atoms with Gasteiger partial charge in [-0.2, -0.15) is 0 Å². The molecule has 1 heterocycles. The van der Waals surface area contributed by atoms with E-state index in [1.54, 1.807) is 0 Å². The molecule has 2 heteroatoms. The van der Waals surface area contributed by atoms with Crippen LogP contribution in [0.3, 0.4) is 0 Å². The van der Waals surface area contributed by atoms with Gasteiger partial charge in [-0.25, -0.2) is 0 Å². The maximum Gasteiger partial charge on any atom is 0.0377 e. The van der Waals surface area contributed by atoms with Crippen LogP contribution in [0.2, 0.25) is 0 Å². The minimum Gasteiger partial charge on any atom is -0.139 e. The van der Waals surface area contributed by atoms with Gasteiger partial charge in [-0.15, -0.1) is 11.3 Å². The normalized spacial score (nSPS) is 11.9. The maximum absolute atomic E-state index is 3.58. The first-order valence-electron chi connectivity index (χ1n) is 7.66. The Hall–Kier alpha value is -1.90. The van der Waals surface area contributed by atoms with Crippen molar-refractivity contribution >= 4 is 69.7 Å². The van der Waals surface area contributed by atoms with Crippen LogP contribution in [0, 0.1) is 0 Å². The lowest BCUT2D eigenvalue weighted by atomic mass is 9.97. The fourth-order valence-corrected chi connectivity index (χ4v) is 4.90. The molecule has 0 radical (unpaired) electrons. The summed E-state index contributed by atoms with van der Waals surface area (Å²) < 4.78 is 1.37. The summed E-state index contributed by atoms with van der Waals surface area (Å²) in [5.41, 5.74) is 0. The largest absolute Gasteiger partial charge is 0.139 e. The smallest absolute Gasteiger partial charge is 0.0377 e. The van der Waals surface area contributed by atoms with E-state index in [4.69, 9.17) is 0 Å². The van der Waals surface area contributed by atoms with Gasteiger partial charge < -0.3 is 0 Å². The summed E-state index contributed by atoms with van der Waals surface area (Å²) in [7, 11) is 0. The van der Waals surface area contributed by atoms with E-state index in [2.05, 4.69) is 82.7 Å². The second-order valence-corrected chi connectivity index (χ2v) is 7.63. The fraction of sp³-hybridized carbons (Fsp3) is 0.0476. The fourth-order valence-electron chi connectivity index (χ4n) is 3.47. The van der Waals surface area contributed by atoms with Crippen LogP contribution in [0.5, 0.6) is 0 Å². The third-order valence-corrected chi connectivity index (χ3v) is 6.64. The van der Waals surface area contributed by atoms with Crippen LogP contribution >= 0.6 is 27.3 Å². The van der Waals surface area contributed by atoms with Crippen molar-refractivity contribution in [2.45, 2.75) is 5.33 Å². The molecule has 110 valence electrons. The van der Waals surface area contributed by atoms with Gasteiger partial charge in [0.15, 0.2) is 0 Å². The highest BCUT2D eigenvalue weighted by molar-refractivity contribution is 9.08. The Morgan fingerprint density at radius 2 is 1.39 bits per heavy atom. The van der Waals surface area contributed by atoms with Gasteiger partial charge in [0.25, 0.3) is 0 Å². The molecule has 0 atom stereocenters. The highest BCUT2D eigenvalue weighted by atomic mass is 79.9. The van der Waals surface area contributed by atoms with E-state index < -0.39 is 0 Å². The number of halogens is 1. The number of hydrogen-bond acceptors (Lipinski definition) is 1. The Morgan fingerprint density at radius 1 is 0.652 bits per heavy atom. The topological polar surface area (TPSA) is 0 Å². The zero-order valence-electron chi connectivity index (χ0n) is 12.3. The maximum atomic E-state index is 3.58. The molecule has 5 rings (SSSR count). The van der Waals surface area contributed by atoms with Gasteiger partial charge in [0.1, 0.15) is 0 Å². The van der Waals surface area contributed by atoms with Crippen molar-refractivity contribution in [3.63, 3.8) is 0 Å². The van der Waals surface area contributed by atoms with E-state index in [0.717, 1.165) is 5.33 Å². The minimum atomic E-state index is 0.923. The van der Waals surface area contributed by atoms with Crippen molar-refractivity contribution in [1.82, 2.24) is 0 Å². The Bertz CT molecular complexity index is 1200. The number of hydrogen-bond donors (Lipinski definition) is 0. The molecule has 1 aromatic heterocycles. The van der Waals surface area contributed by atoms with Crippen LogP contribution in [0.15, 0.2) is 66.7 Å². The van der Waals surface area contributed by atoms with E-state index in [1.165, 1.54) is 47.3 Å². The standard InChI is InChI=1S/C21H13BrS/c22-12-16-11-20-18-6-5-15-9-13-3-1-2-4-14(13)10-19(15)17(18)7-8-21(20)23-16/h1-11H,12H2. The average molecular weight is 377 g/mol. The number of rotatable bonds is 1. The minimum absolute atomic E-state index is 0.923. The van der Waals surface area contributed by atoms with Crippen LogP contribution in [0.4, 0.5) is 0 Å². The van der Waals surface area contributed by atoms with Crippen molar-refractivity contribution in [1.29, 1.82) is 0 Å². The summed E-state index contributed by atoms with van der Waals surface area (Å²) in [6.45, 7) is 0. The van der Waals surface area contributed by atoms with Gasteiger partial charge in [-0.1, -0.05) is 58.4 Å². The SMILES string of the molecule is BrCc1cc2c(ccc3c4cc5ccccc5cc4ccc23)s1. The van der Waals surface area contributed by atoms with Crippen molar-refractivity contribution < 1.29 is 0 Å². The number of fused-ring (bicyclic) bond motifs is 6. The number of thiophene rings is 1. The van der Waals surface area contributed by atoms with E-state index >= 15 is 0 Å². The molecule has 0 saturated heterocycles. The molecule has 0 spiro atoms.